The first-order valence-corrected chi connectivity index (χ1v) is 8.52. The lowest BCUT2D eigenvalue weighted by molar-refractivity contribution is -0.114. The molecule has 7 heteroatoms. The molecule has 3 rings (SSSR count). The van der Waals surface area contributed by atoms with Crippen molar-refractivity contribution in [2.45, 2.75) is 0 Å². The molecule has 0 radical (unpaired) electrons. The van der Waals surface area contributed by atoms with E-state index in [2.05, 4.69) is 15.2 Å². The van der Waals surface area contributed by atoms with E-state index in [1.807, 2.05) is 35.2 Å². The van der Waals surface area contributed by atoms with Gasteiger partial charge >= 0.3 is 0 Å². The van der Waals surface area contributed by atoms with Crippen molar-refractivity contribution in [3.63, 3.8) is 0 Å². The number of carbonyl (C=O) groups is 1. The summed E-state index contributed by atoms with van der Waals surface area (Å²) in [7, 11) is 0. The van der Waals surface area contributed by atoms with Crippen molar-refractivity contribution in [2.24, 2.45) is 10.7 Å². The van der Waals surface area contributed by atoms with Crippen LogP contribution in [-0.4, -0.2) is 49.5 Å². The number of rotatable bonds is 4. The van der Waals surface area contributed by atoms with Gasteiger partial charge in [-0.3, -0.25) is 4.79 Å². The van der Waals surface area contributed by atoms with Gasteiger partial charge in [0.15, 0.2) is 5.96 Å². The Hall–Kier alpha value is -3.09. The number of piperazine rings is 1. The van der Waals surface area contributed by atoms with Crippen molar-refractivity contribution in [2.75, 3.05) is 42.9 Å². The van der Waals surface area contributed by atoms with Gasteiger partial charge < -0.3 is 20.9 Å². The molecule has 0 saturated carbocycles. The van der Waals surface area contributed by atoms with Gasteiger partial charge in [-0.2, -0.15) is 0 Å². The van der Waals surface area contributed by atoms with Crippen LogP contribution in [-0.2, 0) is 4.79 Å². The molecule has 6 nitrogen and oxygen atoms in total. The summed E-state index contributed by atoms with van der Waals surface area (Å²) in [5.41, 5.74) is 7.75. The Kier molecular flexibility index (Phi) is 5.68. The Morgan fingerprint density at radius 2 is 1.69 bits per heavy atom. The second-order valence-electron chi connectivity index (χ2n) is 6.04. The third-order valence-corrected chi connectivity index (χ3v) is 4.24. The molecule has 0 spiro atoms. The molecule has 0 aliphatic carbocycles. The van der Waals surface area contributed by atoms with Gasteiger partial charge in [0, 0.05) is 37.6 Å². The molecular formula is C19H22FN5O. The summed E-state index contributed by atoms with van der Waals surface area (Å²) in [6.45, 7) is 2.91. The topological polar surface area (TPSA) is 74.0 Å². The van der Waals surface area contributed by atoms with Crippen LogP contribution in [0.25, 0.3) is 0 Å². The monoisotopic (exact) mass is 355 g/mol. The smallest absolute Gasteiger partial charge is 0.246 e. The van der Waals surface area contributed by atoms with E-state index in [0.717, 1.165) is 24.5 Å². The van der Waals surface area contributed by atoms with E-state index in [1.165, 1.54) is 12.1 Å². The zero-order valence-corrected chi connectivity index (χ0v) is 14.4. The Balaban J connectivity index is 1.48. The molecule has 2 aromatic rings. The lowest BCUT2D eigenvalue weighted by Gasteiger charge is -2.36. The van der Waals surface area contributed by atoms with Crippen molar-refractivity contribution in [1.82, 2.24) is 4.90 Å². The highest BCUT2D eigenvalue weighted by molar-refractivity contribution is 5.93. The number of aliphatic imine (C=N–C) groups is 1. The van der Waals surface area contributed by atoms with Crippen LogP contribution in [0.1, 0.15) is 0 Å². The maximum Gasteiger partial charge on any atom is 0.246 e. The molecule has 1 amide bonds. The van der Waals surface area contributed by atoms with Gasteiger partial charge in [-0.05, 0) is 36.4 Å². The third-order valence-electron chi connectivity index (χ3n) is 4.24. The summed E-state index contributed by atoms with van der Waals surface area (Å²) in [4.78, 5) is 20.3. The van der Waals surface area contributed by atoms with Gasteiger partial charge in [-0.15, -0.1) is 0 Å². The Bertz CT molecular complexity index is 755. The highest BCUT2D eigenvalue weighted by Gasteiger charge is 2.18. The van der Waals surface area contributed by atoms with Gasteiger partial charge in [0.25, 0.3) is 0 Å². The first-order chi connectivity index (χ1) is 12.6. The second-order valence-corrected chi connectivity index (χ2v) is 6.04. The Labute approximate surface area is 152 Å². The first kappa shape index (κ1) is 17.7. The van der Waals surface area contributed by atoms with E-state index in [1.54, 1.807) is 12.1 Å². The summed E-state index contributed by atoms with van der Waals surface area (Å²) < 4.78 is 13.0. The SMILES string of the molecule is NC(=NCC(=O)Nc1ccccc1)N1CCN(c2ccc(F)cc2)CC1. The van der Waals surface area contributed by atoms with Crippen LogP contribution in [0.2, 0.25) is 0 Å². The Morgan fingerprint density at radius 1 is 1.04 bits per heavy atom. The lowest BCUT2D eigenvalue weighted by atomic mass is 10.2. The number of guanidine groups is 1. The van der Waals surface area contributed by atoms with Gasteiger partial charge in [-0.1, -0.05) is 18.2 Å². The summed E-state index contributed by atoms with van der Waals surface area (Å²) in [5.74, 6) is -0.0754. The summed E-state index contributed by atoms with van der Waals surface area (Å²) in [6, 6.07) is 15.7. The van der Waals surface area contributed by atoms with E-state index >= 15 is 0 Å². The largest absolute Gasteiger partial charge is 0.370 e. The molecule has 1 saturated heterocycles. The average molecular weight is 355 g/mol. The zero-order valence-electron chi connectivity index (χ0n) is 14.4. The van der Waals surface area contributed by atoms with Crippen molar-refractivity contribution < 1.29 is 9.18 Å². The summed E-state index contributed by atoms with van der Waals surface area (Å²) >= 11 is 0. The average Bonchev–Trinajstić information content (AvgIpc) is 2.68. The quantitative estimate of drug-likeness (QED) is 0.649. The molecule has 0 bridgehead atoms. The normalized spacial score (nSPS) is 15.0. The van der Waals surface area contributed by atoms with Crippen LogP contribution < -0.4 is 16.0 Å². The van der Waals surface area contributed by atoms with E-state index in [4.69, 9.17) is 5.73 Å². The van der Waals surface area contributed by atoms with Gasteiger partial charge in [0.1, 0.15) is 12.4 Å². The summed E-state index contributed by atoms with van der Waals surface area (Å²) in [6.07, 6.45) is 0. The molecule has 0 aromatic heterocycles. The van der Waals surface area contributed by atoms with Gasteiger partial charge in [-0.25, -0.2) is 9.38 Å². The van der Waals surface area contributed by atoms with Gasteiger partial charge in [0.05, 0.1) is 0 Å². The predicted octanol–water partition coefficient (Wildman–Crippen LogP) is 1.90. The van der Waals surface area contributed by atoms with E-state index < -0.39 is 0 Å². The number of hydrogen-bond acceptors (Lipinski definition) is 3. The number of halogens is 1. The highest BCUT2D eigenvalue weighted by atomic mass is 19.1. The van der Waals surface area contributed by atoms with Crippen LogP contribution in [0.3, 0.4) is 0 Å². The highest BCUT2D eigenvalue weighted by Crippen LogP contribution is 2.16. The van der Waals surface area contributed by atoms with Crippen molar-refractivity contribution >= 4 is 23.2 Å². The fraction of sp³-hybridized carbons (Fsp3) is 0.263. The van der Waals surface area contributed by atoms with Crippen LogP contribution in [0.5, 0.6) is 0 Å². The minimum absolute atomic E-state index is 0.0150. The van der Waals surface area contributed by atoms with Crippen molar-refractivity contribution in [1.29, 1.82) is 0 Å². The number of benzene rings is 2. The van der Waals surface area contributed by atoms with Crippen LogP contribution in [0.4, 0.5) is 15.8 Å². The molecule has 136 valence electrons. The predicted molar refractivity (Wildman–Crippen MR) is 102 cm³/mol. The van der Waals surface area contributed by atoms with Crippen LogP contribution in [0, 0.1) is 5.82 Å². The number of hydrogen-bond donors (Lipinski definition) is 2. The molecule has 2 aromatic carbocycles. The van der Waals surface area contributed by atoms with Gasteiger partial charge in [0.2, 0.25) is 5.91 Å². The number of para-hydroxylation sites is 1. The molecule has 26 heavy (non-hydrogen) atoms. The molecule has 1 aliphatic heterocycles. The molecule has 3 N–H and O–H groups in total. The number of nitrogens with one attached hydrogen (secondary N) is 1. The second kappa shape index (κ2) is 8.33. The first-order valence-electron chi connectivity index (χ1n) is 8.52. The van der Waals surface area contributed by atoms with Crippen LogP contribution in [0.15, 0.2) is 59.6 Å². The lowest BCUT2D eigenvalue weighted by Crippen LogP contribution is -2.51. The number of anilines is 2. The van der Waals surface area contributed by atoms with Crippen LogP contribution >= 0.6 is 0 Å². The molecule has 0 unspecified atom stereocenters. The maximum atomic E-state index is 13.0. The fourth-order valence-electron chi connectivity index (χ4n) is 2.82. The van der Waals surface area contributed by atoms with Crippen molar-refractivity contribution in [3.8, 4) is 0 Å². The number of nitrogens with two attached hydrogens (primary N) is 1. The zero-order chi connectivity index (χ0) is 18.4. The standard InChI is InChI=1S/C19H22FN5O/c20-15-6-8-17(9-7-15)24-10-12-25(13-11-24)19(21)22-14-18(26)23-16-4-2-1-3-5-16/h1-9H,10-14H2,(H2,21,22)(H,23,26). The molecule has 0 atom stereocenters. The molecular weight excluding hydrogens is 333 g/mol. The van der Waals surface area contributed by atoms with E-state index in [9.17, 15) is 9.18 Å². The number of carbonyl (C=O) groups excluding carboxylic acids is 1. The van der Waals surface area contributed by atoms with Crippen molar-refractivity contribution in [3.05, 3.63) is 60.4 Å². The molecule has 1 heterocycles. The van der Waals surface area contributed by atoms with E-state index in [-0.39, 0.29) is 18.3 Å². The Morgan fingerprint density at radius 3 is 2.35 bits per heavy atom. The number of nitrogens with zero attached hydrogens (tertiary/aromatic N) is 3. The molecule has 1 aliphatic rings. The maximum absolute atomic E-state index is 13.0. The number of amides is 1. The minimum Gasteiger partial charge on any atom is -0.370 e. The minimum atomic E-state index is -0.238. The van der Waals surface area contributed by atoms with E-state index in [0.29, 0.717) is 19.0 Å². The summed E-state index contributed by atoms with van der Waals surface area (Å²) in [5, 5.41) is 2.77. The third kappa shape index (κ3) is 4.72. The fourth-order valence-corrected chi connectivity index (χ4v) is 2.82. The molecule has 1 fully saturated rings.